The Morgan fingerprint density at radius 3 is 2.88 bits per heavy atom. The van der Waals surface area contributed by atoms with Gasteiger partial charge in [-0.1, -0.05) is 30.3 Å². The fourth-order valence-corrected chi connectivity index (χ4v) is 4.18. The summed E-state index contributed by atoms with van der Waals surface area (Å²) in [7, 11) is 0. The third-order valence-corrected chi connectivity index (χ3v) is 5.32. The molecule has 26 heavy (non-hydrogen) atoms. The molecule has 1 aromatic carbocycles. The maximum Gasteiger partial charge on any atom is 0.276 e. The summed E-state index contributed by atoms with van der Waals surface area (Å²) >= 11 is 0. The summed E-state index contributed by atoms with van der Waals surface area (Å²) in [5, 5.41) is 3.47. The van der Waals surface area contributed by atoms with E-state index in [0.717, 1.165) is 19.6 Å². The van der Waals surface area contributed by atoms with Gasteiger partial charge < -0.3 is 20.7 Å². The molecule has 3 heterocycles. The standard InChI is InChI=1S/C20H24N4O2/c21-8-10-26-17-7-4-9-23-18(17)20(25)24-13-15-11-22-12-16(15)19(24)14-5-2-1-3-6-14/h1-7,9,15-16,19,22H,8,10-13,21H2/t15-,16-,19+/m0/s1. The lowest BCUT2D eigenvalue weighted by Crippen LogP contribution is -2.35. The minimum Gasteiger partial charge on any atom is -0.490 e. The number of carbonyl (C=O) groups is 1. The fourth-order valence-electron chi connectivity index (χ4n) is 4.18. The monoisotopic (exact) mass is 352 g/mol. The van der Waals surface area contributed by atoms with Crippen LogP contribution in [0, 0.1) is 11.8 Å². The largest absolute Gasteiger partial charge is 0.490 e. The molecule has 2 aliphatic rings. The first-order valence-corrected chi connectivity index (χ1v) is 9.14. The van der Waals surface area contributed by atoms with Crippen molar-refractivity contribution in [2.45, 2.75) is 6.04 Å². The zero-order chi connectivity index (χ0) is 17.9. The molecule has 0 radical (unpaired) electrons. The van der Waals surface area contributed by atoms with Gasteiger partial charge in [0.1, 0.15) is 6.61 Å². The summed E-state index contributed by atoms with van der Waals surface area (Å²) in [5.74, 6) is 1.34. The minimum atomic E-state index is -0.0686. The second-order valence-corrected chi connectivity index (χ2v) is 6.88. The number of nitrogens with two attached hydrogens (primary N) is 1. The molecule has 2 saturated heterocycles. The van der Waals surface area contributed by atoms with Crippen LogP contribution in [0.4, 0.5) is 0 Å². The first-order chi connectivity index (χ1) is 12.8. The van der Waals surface area contributed by atoms with E-state index >= 15 is 0 Å². The van der Waals surface area contributed by atoms with Gasteiger partial charge in [-0.15, -0.1) is 0 Å². The SMILES string of the molecule is NCCOc1cccnc1C(=O)N1C[C@@H]2CNC[C@@H]2[C@H]1c1ccccc1. The fraction of sp³-hybridized carbons (Fsp3) is 0.400. The highest BCUT2D eigenvalue weighted by Gasteiger charge is 2.47. The molecule has 1 amide bonds. The van der Waals surface area contributed by atoms with Gasteiger partial charge in [0.05, 0.1) is 6.04 Å². The van der Waals surface area contributed by atoms with E-state index < -0.39 is 0 Å². The second-order valence-electron chi connectivity index (χ2n) is 6.88. The van der Waals surface area contributed by atoms with Crippen molar-refractivity contribution in [1.82, 2.24) is 15.2 Å². The Morgan fingerprint density at radius 2 is 2.08 bits per heavy atom. The number of hydrogen-bond donors (Lipinski definition) is 2. The summed E-state index contributed by atoms with van der Waals surface area (Å²) in [5.41, 5.74) is 7.09. The number of ether oxygens (including phenoxy) is 1. The molecule has 6 heteroatoms. The van der Waals surface area contributed by atoms with Crippen LogP contribution in [-0.4, -0.2) is 48.6 Å². The van der Waals surface area contributed by atoms with Gasteiger partial charge in [-0.05, 0) is 23.6 Å². The number of likely N-dealkylation sites (tertiary alicyclic amines) is 1. The van der Waals surface area contributed by atoms with E-state index in [9.17, 15) is 4.79 Å². The molecule has 3 atom stereocenters. The highest BCUT2D eigenvalue weighted by atomic mass is 16.5. The zero-order valence-electron chi connectivity index (χ0n) is 14.7. The van der Waals surface area contributed by atoms with Gasteiger partial charge in [-0.3, -0.25) is 4.79 Å². The average Bonchev–Trinajstić information content (AvgIpc) is 3.28. The molecule has 0 saturated carbocycles. The average molecular weight is 352 g/mol. The summed E-state index contributed by atoms with van der Waals surface area (Å²) in [4.78, 5) is 19.7. The quantitative estimate of drug-likeness (QED) is 0.851. The number of rotatable bonds is 5. The number of pyridine rings is 1. The Hall–Kier alpha value is -2.44. The van der Waals surface area contributed by atoms with Crippen LogP contribution in [-0.2, 0) is 0 Å². The van der Waals surface area contributed by atoms with Crippen molar-refractivity contribution < 1.29 is 9.53 Å². The van der Waals surface area contributed by atoms with Crippen LogP contribution in [0.1, 0.15) is 22.1 Å². The lowest BCUT2D eigenvalue weighted by molar-refractivity contribution is 0.0703. The highest BCUT2D eigenvalue weighted by molar-refractivity contribution is 5.95. The van der Waals surface area contributed by atoms with Crippen molar-refractivity contribution in [3.05, 3.63) is 59.9 Å². The number of nitrogens with zero attached hydrogens (tertiary/aromatic N) is 2. The van der Waals surface area contributed by atoms with Gasteiger partial charge >= 0.3 is 0 Å². The third-order valence-electron chi connectivity index (χ3n) is 5.32. The number of hydrogen-bond acceptors (Lipinski definition) is 5. The molecular weight excluding hydrogens is 328 g/mol. The van der Waals surface area contributed by atoms with E-state index in [1.807, 2.05) is 23.1 Å². The van der Waals surface area contributed by atoms with E-state index in [1.54, 1.807) is 18.3 Å². The van der Waals surface area contributed by atoms with Crippen molar-refractivity contribution >= 4 is 5.91 Å². The number of aromatic nitrogens is 1. The number of amides is 1. The first kappa shape index (κ1) is 17.0. The van der Waals surface area contributed by atoms with Gasteiger partial charge in [0.25, 0.3) is 5.91 Å². The zero-order valence-corrected chi connectivity index (χ0v) is 14.7. The Bertz CT molecular complexity index is 767. The Balaban J connectivity index is 1.66. The lowest BCUT2D eigenvalue weighted by atomic mass is 9.89. The Labute approximate surface area is 153 Å². The van der Waals surface area contributed by atoms with Gasteiger partial charge in [-0.2, -0.15) is 0 Å². The van der Waals surface area contributed by atoms with Gasteiger partial charge in [0.2, 0.25) is 0 Å². The highest BCUT2D eigenvalue weighted by Crippen LogP contribution is 2.43. The second kappa shape index (κ2) is 7.43. The summed E-state index contributed by atoms with van der Waals surface area (Å²) < 4.78 is 5.65. The molecule has 1 aromatic heterocycles. The maximum absolute atomic E-state index is 13.4. The van der Waals surface area contributed by atoms with Crippen molar-refractivity contribution in [3.63, 3.8) is 0 Å². The van der Waals surface area contributed by atoms with Gasteiger partial charge in [-0.25, -0.2) is 4.98 Å². The van der Waals surface area contributed by atoms with Crippen LogP contribution in [0.15, 0.2) is 48.7 Å². The molecular formula is C20H24N4O2. The van der Waals surface area contributed by atoms with Crippen LogP contribution in [0.3, 0.4) is 0 Å². The minimum absolute atomic E-state index is 0.0630. The van der Waals surface area contributed by atoms with Crippen LogP contribution in [0.5, 0.6) is 5.75 Å². The molecule has 0 aliphatic carbocycles. The maximum atomic E-state index is 13.4. The molecule has 2 aliphatic heterocycles. The van der Waals surface area contributed by atoms with E-state index in [4.69, 9.17) is 10.5 Å². The molecule has 2 aromatic rings. The Kier molecular flexibility index (Phi) is 4.86. The molecule has 4 rings (SSSR count). The number of fused-ring (bicyclic) bond motifs is 1. The molecule has 0 spiro atoms. The van der Waals surface area contributed by atoms with Crippen molar-refractivity contribution in [2.75, 3.05) is 32.8 Å². The molecule has 2 fully saturated rings. The number of carbonyl (C=O) groups excluding carboxylic acids is 1. The van der Waals surface area contributed by atoms with Crippen molar-refractivity contribution in [1.29, 1.82) is 0 Å². The van der Waals surface area contributed by atoms with E-state index in [-0.39, 0.29) is 11.9 Å². The molecule has 136 valence electrons. The molecule has 3 N–H and O–H groups in total. The van der Waals surface area contributed by atoms with E-state index in [0.29, 0.717) is 36.4 Å². The summed E-state index contributed by atoms with van der Waals surface area (Å²) in [6.07, 6.45) is 1.64. The van der Waals surface area contributed by atoms with Crippen molar-refractivity contribution in [3.8, 4) is 5.75 Å². The van der Waals surface area contributed by atoms with Gasteiger partial charge in [0.15, 0.2) is 11.4 Å². The van der Waals surface area contributed by atoms with E-state index in [2.05, 4.69) is 22.4 Å². The van der Waals surface area contributed by atoms with Crippen LogP contribution in [0.2, 0.25) is 0 Å². The van der Waals surface area contributed by atoms with Gasteiger partial charge in [0, 0.05) is 38.3 Å². The number of nitrogens with one attached hydrogen (secondary N) is 1. The molecule has 0 bridgehead atoms. The third kappa shape index (κ3) is 3.06. The van der Waals surface area contributed by atoms with Crippen LogP contribution in [0.25, 0.3) is 0 Å². The summed E-state index contributed by atoms with van der Waals surface area (Å²) in [6.45, 7) is 3.39. The van der Waals surface area contributed by atoms with Crippen LogP contribution < -0.4 is 15.8 Å². The predicted octanol–water partition coefficient (Wildman–Crippen LogP) is 1.45. The summed E-state index contributed by atoms with van der Waals surface area (Å²) in [6, 6.07) is 13.9. The first-order valence-electron chi connectivity index (χ1n) is 9.14. The molecule has 6 nitrogen and oxygen atoms in total. The van der Waals surface area contributed by atoms with Crippen LogP contribution >= 0.6 is 0 Å². The van der Waals surface area contributed by atoms with E-state index in [1.165, 1.54) is 5.56 Å². The lowest BCUT2D eigenvalue weighted by Gasteiger charge is -2.28. The molecule has 0 unspecified atom stereocenters. The topological polar surface area (TPSA) is 80.5 Å². The normalized spacial score (nSPS) is 24.5. The Morgan fingerprint density at radius 1 is 1.23 bits per heavy atom. The predicted molar refractivity (Wildman–Crippen MR) is 98.9 cm³/mol. The smallest absolute Gasteiger partial charge is 0.276 e. The van der Waals surface area contributed by atoms with Crippen molar-refractivity contribution in [2.24, 2.45) is 17.6 Å². The number of benzene rings is 1.